The summed E-state index contributed by atoms with van der Waals surface area (Å²) in [5.41, 5.74) is 6.77. The number of aliphatic hydroxyl groups is 1. The Morgan fingerprint density at radius 2 is 2.06 bits per heavy atom. The van der Waals surface area contributed by atoms with Crippen LogP contribution in [0.5, 0.6) is 0 Å². The summed E-state index contributed by atoms with van der Waals surface area (Å²) in [7, 11) is 0. The molecule has 4 heterocycles. The van der Waals surface area contributed by atoms with Crippen LogP contribution in [-0.4, -0.2) is 49.6 Å². The summed E-state index contributed by atoms with van der Waals surface area (Å²) in [6, 6.07) is 9.02. The number of aliphatic hydroxyl groups excluding tert-OH is 1. The summed E-state index contributed by atoms with van der Waals surface area (Å²) in [6.45, 7) is 0.553. The number of rotatable bonds is 4. The van der Waals surface area contributed by atoms with Crippen LogP contribution in [0.2, 0.25) is 0 Å². The third-order valence-electron chi connectivity index (χ3n) is 6.07. The largest absolute Gasteiger partial charge is 0.382 e. The predicted octanol–water partition coefficient (Wildman–Crippen LogP) is 1.85. The maximum Gasteiger partial charge on any atom is 0.260 e. The van der Waals surface area contributed by atoms with Crippen molar-refractivity contribution in [1.29, 1.82) is 0 Å². The van der Waals surface area contributed by atoms with Crippen LogP contribution in [0.4, 0.5) is 11.6 Å². The number of carbonyl (C=O) groups excluding carboxylic acids is 1. The molecule has 1 aromatic carbocycles. The fraction of sp³-hybridized carbons (Fsp3) is 0.318. The number of H-pyrrole nitrogens is 1. The maximum absolute atomic E-state index is 13.2. The van der Waals surface area contributed by atoms with E-state index in [1.165, 1.54) is 4.90 Å². The molecule has 0 radical (unpaired) electrons. The number of anilines is 2. The summed E-state index contributed by atoms with van der Waals surface area (Å²) in [4.78, 5) is 39.3. The van der Waals surface area contributed by atoms with Crippen LogP contribution in [0.1, 0.15) is 36.4 Å². The fourth-order valence-corrected chi connectivity index (χ4v) is 5.05. The summed E-state index contributed by atoms with van der Waals surface area (Å²) in [6.07, 6.45) is -0.452. The Labute approximate surface area is 191 Å². The number of hydrogen-bond donors (Lipinski definition) is 3. The smallest absolute Gasteiger partial charge is 0.260 e. The fourth-order valence-electron chi connectivity index (χ4n) is 4.20. The van der Waals surface area contributed by atoms with Crippen molar-refractivity contribution in [2.45, 2.75) is 31.0 Å². The van der Waals surface area contributed by atoms with Gasteiger partial charge < -0.3 is 20.6 Å². The third kappa shape index (κ3) is 3.36. The van der Waals surface area contributed by atoms with Gasteiger partial charge in [0.25, 0.3) is 11.5 Å². The van der Waals surface area contributed by atoms with Crippen molar-refractivity contribution in [2.24, 2.45) is 0 Å². The topological polar surface area (TPSA) is 147 Å². The molecule has 11 heteroatoms. The van der Waals surface area contributed by atoms with Gasteiger partial charge in [0.05, 0.1) is 28.8 Å². The number of hydrogen-bond acceptors (Lipinski definition) is 9. The second-order valence-electron chi connectivity index (χ2n) is 8.28. The molecule has 2 aliphatic rings. The molecular weight excluding hydrogens is 444 g/mol. The number of nitrogens with one attached hydrogen (secondary N) is 1. The average molecular weight is 465 g/mol. The molecule has 0 spiro atoms. The number of nitrogen functional groups attached to an aromatic ring is 1. The number of pyridine rings is 1. The number of aromatic amines is 1. The van der Waals surface area contributed by atoms with Gasteiger partial charge in [0.15, 0.2) is 6.10 Å². The molecule has 1 amide bonds. The number of nitrogens with zero attached hydrogens (tertiary/aromatic N) is 4. The van der Waals surface area contributed by atoms with E-state index in [0.29, 0.717) is 45.1 Å². The van der Waals surface area contributed by atoms with E-state index in [1.807, 2.05) is 12.1 Å². The Morgan fingerprint density at radius 1 is 1.21 bits per heavy atom. The molecule has 4 aromatic rings. The monoisotopic (exact) mass is 464 g/mol. The van der Waals surface area contributed by atoms with Crippen LogP contribution in [0.25, 0.3) is 21.0 Å². The molecule has 6 rings (SSSR count). The van der Waals surface area contributed by atoms with Gasteiger partial charge in [-0.05, 0) is 48.6 Å². The van der Waals surface area contributed by atoms with E-state index in [4.69, 9.17) is 10.5 Å². The Bertz CT molecular complexity index is 1460. The van der Waals surface area contributed by atoms with Crippen LogP contribution in [0.15, 0.2) is 35.1 Å². The van der Waals surface area contributed by atoms with E-state index in [-0.39, 0.29) is 12.4 Å². The minimum Gasteiger partial charge on any atom is -0.382 e. The maximum atomic E-state index is 13.2. The number of morpholine rings is 1. The zero-order valence-corrected chi connectivity index (χ0v) is 18.2. The van der Waals surface area contributed by atoms with Crippen molar-refractivity contribution in [3.63, 3.8) is 0 Å². The second kappa shape index (κ2) is 7.58. The summed E-state index contributed by atoms with van der Waals surface area (Å²) >= 11 is 1.12. The molecule has 10 nitrogen and oxygen atoms in total. The van der Waals surface area contributed by atoms with Crippen molar-refractivity contribution in [3.05, 3.63) is 52.2 Å². The lowest BCUT2D eigenvalue weighted by Gasteiger charge is -2.33. The molecule has 1 aliphatic heterocycles. The second-order valence-corrected chi connectivity index (χ2v) is 9.05. The first-order valence-corrected chi connectivity index (χ1v) is 11.4. The van der Waals surface area contributed by atoms with Crippen molar-refractivity contribution < 1.29 is 14.6 Å². The van der Waals surface area contributed by atoms with Crippen molar-refractivity contribution in [1.82, 2.24) is 19.3 Å². The molecule has 4 N–H and O–H groups in total. The number of benzene rings is 1. The lowest BCUT2D eigenvalue weighted by molar-refractivity contribution is -0.143. The summed E-state index contributed by atoms with van der Waals surface area (Å²) in [5.74, 6) is 0.873. The van der Waals surface area contributed by atoms with Gasteiger partial charge in [0.2, 0.25) is 0 Å². The molecule has 2 fully saturated rings. The van der Waals surface area contributed by atoms with Crippen LogP contribution in [0.3, 0.4) is 0 Å². The Hall–Kier alpha value is -3.41. The van der Waals surface area contributed by atoms with Crippen molar-refractivity contribution in [3.8, 4) is 0 Å². The molecule has 1 saturated heterocycles. The quantitative estimate of drug-likeness (QED) is 0.415. The average Bonchev–Trinajstić information content (AvgIpc) is 3.61. The van der Waals surface area contributed by atoms with Gasteiger partial charge in [-0.25, -0.2) is 9.97 Å². The molecule has 33 heavy (non-hydrogen) atoms. The highest BCUT2D eigenvalue weighted by atomic mass is 32.1. The number of nitrogens with two attached hydrogens (primary N) is 1. The van der Waals surface area contributed by atoms with Gasteiger partial charge >= 0.3 is 0 Å². The minimum absolute atomic E-state index is 0.0378. The minimum atomic E-state index is -1.45. The zero-order valence-electron chi connectivity index (χ0n) is 17.4. The number of carbonyl (C=O) groups is 1. The molecule has 3 aromatic heterocycles. The number of ether oxygens (including phenoxy) is 1. The highest BCUT2D eigenvalue weighted by Gasteiger charge is 2.39. The highest BCUT2D eigenvalue weighted by molar-refractivity contribution is 7.14. The Kier molecular flexibility index (Phi) is 4.64. The molecule has 168 valence electrons. The van der Waals surface area contributed by atoms with E-state index < -0.39 is 23.7 Å². The zero-order chi connectivity index (χ0) is 22.7. The Morgan fingerprint density at radius 3 is 2.88 bits per heavy atom. The van der Waals surface area contributed by atoms with Crippen molar-refractivity contribution >= 4 is 50.1 Å². The van der Waals surface area contributed by atoms with E-state index in [1.54, 1.807) is 18.2 Å². The first-order chi connectivity index (χ1) is 16.0. The molecule has 1 unspecified atom stereocenters. The van der Waals surface area contributed by atoms with Gasteiger partial charge in [-0.1, -0.05) is 6.07 Å². The molecule has 2 atom stereocenters. The van der Waals surface area contributed by atoms with Crippen LogP contribution >= 0.6 is 11.5 Å². The lowest BCUT2D eigenvalue weighted by atomic mass is 10.1. The molecule has 0 bridgehead atoms. The van der Waals surface area contributed by atoms with E-state index >= 15 is 0 Å². The summed E-state index contributed by atoms with van der Waals surface area (Å²) in [5, 5.41) is 12.0. The van der Waals surface area contributed by atoms with E-state index in [0.717, 1.165) is 30.1 Å². The normalized spacial score (nSPS) is 20.0. The van der Waals surface area contributed by atoms with Crippen molar-refractivity contribution in [2.75, 3.05) is 23.8 Å². The third-order valence-corrected chi connectivity index (χ3v) is 6.97. The first-order valence-electron chi connectivity index (χ1n) is 10.7. The molecule has 1 saturated carbocycles. The SMILES string of the molecule is Nc1nsc2c1ccc1nc(C(O)[C@H]3OCCN(c4cccc(C5CC5)n4)C3=O)[nH]c(=O)c12. The molecule has 1 aliphatic carbocycles. The van der Waals surface area contributed by atoms with Gasteiger partial charge in [0.1, 0.15) is 23.6 Å². The van der Waals surface area contributed by atoms with Crippen LogP contribution < -0.4 is 16.2 Å². The van der Waals surface area contributed by atoms with Gasteiger partial charge in [0, 0.05) is 17.0 Å². The van der Waals surface area contributed by atoms with E-state index in [2.05, 4.69) is 19.3 Å². The Balaban J connectivity index is 1.33. The summed E-state index contributed by atoms with van der Waals surface area (Å²) < 4.78 is 10.3. The van der Waals surface area contributed by atoms with Crippen LogP contribution in [-0.2, 0) is 9.53 Å². The van der Waals surface area contributed by atoms with Gasteiger partial charge in [-0.15, -0.1) is 0 Å². The number of aromatic nitrogens is 4. The predicted molar refractivity (Wildman–Crippen MR) is 123 cm³/mol. The highest BCUT2D eigenvalue weighted by Crippen LogP contribution is 2.39. The lowest BCUT2D eigenvalue weighted by Crippen LogP contribution is -2.51. The first kappa shape index (κ1) is 20.2. The van der Waals surface area contributed by atoms with Crippen LogP contribution in [0, 0.1) is 0 Å². The number of fused-ring (bicyclic) bond motifs is 3. The standard InChI is InChI=1S/C22H20N6O4S/c23-19-11-6-7-13-15(18(11)33-27-19)21(30)26-20(25-13)16(29)17-22(31)28(8-9-32-17)14-3-1-2-12(24-14)10-4-5-10/h1-3,6-7,10,16-17,29H,4-5,8-9H2,(H2,23,27)(H,25,26,30)/t16?,17-/m1/s1. The van der Waals surface area contributed by atoms with E-state index in [9.17, 15) is 14.7 Å². The number of amides is 1. The van der Waals surface area contributed by atoms with Gasteiger partial charge in [-0.3, -0.25) is 14.5 Å². The molecular formula is C22H20N6O4S. The van der Waals surface area contributed by atoms with Gasteiger partial charge in [-0.2, -0.15) is 4.37 Å².